The molecule has 0 aliphatic carbocycles. The van der Waals surface area contributed by atoms with Gasteiger partial charge in [0.1, 0.15) is 0 Å². The zero-order valence-corrected chi connectivity index (χ0v) is 16.5. The van der Waals surface area contributed by atoms with Crippen molar-refractivity contribution >= 4 is 27.3 Å². The first-order valence-corrected chi connectivity index (χ1v) is 10.2. The van der Waals surface area contributed by atoms with Crippen LogP contribution in [0.15, 0.2) is 10.9 Å². The maximum atomic E-state index is 12.2. The van der Waals surface area contributed by atoms with E-state index in [2.05, 4.69) is 36.2 Å². The normalized spacial score (nSPS) is 15.8. The fourth-order valence-electron chi connectivity index (χ4n) is 3.22. The molecule has 1 aliphatic heterocycles. The first kappa shape index (κ1) is 18.8. The van der Waals surface area contributed by atoms with E-state index < -0.39 is 0 Å². The molecule has 0 radical (unpaired) electrons. The first-order valence-electron chi connectivity index (χ1n) is 9.40. The first-order chi connectivity index (χ1) is 12.5. The van der Waals surface area contributed by atoms with Crippen LogP contribution in [0.3, 0.4) is 0 Å². The summed E-state index contributed by atoms with van der Waals surface area (Å²) in [5.74, 6) is 0.641. The lowest BCUT2D eigenvalue weighted by atomic mass is 10.0. The third kappa shape index (κ3) is 4.41. The van der Waals surface area contributed by atoms with Gasteiger partial charge in [-0.3, -0.25) is 9.59 Å². The number of rotatable bonds is 6. The van der Waals surface area contributed by atoms with Crippen LogP contribution in [0.5, 0.6) is 0 Å². The Kier molecular flexibility index (Phi) is 5.90. The van der Waals surface area contributed by atoms with E-state index in [-0.39, 0.29) is 17.5 Å². The van der Waals surface area contributed by atoms with Crippen molar-refractivity contribution in [2.24, 2.45) is 5.92 Å². The van der Waals surface area contributed by atoms with Crippen LogP contribution in [0.2, 0.25) is 0 Å². The molecule has 1 fully saturated rings. The van der Waals surface area contributed by atoms with Crippen LogP contribution in [-0.2, 0) is 11.2 Å². The second-order valence-electron chi connectivity index (χ2n) is 7.33. The number of nitrogens with one attached hydrogen (secondary N) is 1. The number of amides is 1. The smallest absolute Gasteiger partial charge is 0.275 e. The Morgan fingerprint density at radius 3 is 2.77 bits per heavy atom. The number of aryl methyl sites for hydroxylation is 1. The summed E-state index contributed by atoms with van der Waals surface area (Å²) in [4.78, 5) is 31.5. The molecule has 142 valence electrons. The van der Waals surface area contributed by atoms with Crippen molar-refractivity contribution in [2.45, 2.75) is 58.9 Å². The minimum atomic E-state index is -0.128. The molecule has 8 heteroatoms. The fourth-order valence-corrected chi connectivity index (χ4v) is 4.13. The summed E-state index contributed by atoms with van der Waals surface area (Å²) in [6, 6.07) is 1.84. The maximum Gasteiger partial charge on any atom is 0.275 e. The second kappa shape index (κ2) is 8.16. The predicted octanol–water partition coefficient (Wildman–Crippen LogP) is 2.55. The van der Waals surface area contributed by atoms with Gasteiger partial charge >= 0.3 is 0 Å². The largest absolute Gasteiger partial charge is 0.357 e. The van der Waals surface area contributed by atoms with Gasteiger partial charge in [-0.15, -0.1) is 5.10 Å². The van der Waals surface area contributed by atoms with Crippen LogP contribution >= 0.6 is 11.3 Å². The average Bonchev–Trinajstić information content (AvgIpc) is 2.98. The Balaban J connectivity index is 1.62. The van der Waals surface area contributed by atoms with E-state index in [1.165, 1.54) is 15.9 Å². The monoisotopic (exact) mass is 377 g/mol. The molecule has 2 aromatic rings. The molecule has 26 heavy (non-hydrogen) atoms. The molecule has 0 aromatic carbocycles. The van der Waals surface area contributed by atoms with Crippen molar-refractivity contribution < 1.29 is 4.79 Å². The number of anilines is 1. The fraction of sp³-hybridized carbons (Fsp3) is 0.667. The summed E-state index contributed by atoms with van der Waals surface area (Å²) in [5, 5.41) is 8.51. The molecule has 1 saturated heterocycles. The van der Waals surface area contributed by atoms with E-state index in [1.54, 1.807) is 6.07 Å². The highest BCUT2D eigenvalue weighted by molar-refractivity contribution is 7.20. The van der Waals surface area contributed by atoms with Gasteiger partial charge in [0.2, 0.25) is 16.0 Å². The van der Waals surface area contributed by atoms with Gasteiger partial charge in [0.25, 0.3) is 5.56 Å². The summed E-state index contributed by atoms with van der Waals surface area (Å²) in [5.41, 5.74) is 0.696. The lowest BCUT2D eigenvalue weighted by Gasteiger charge is -2.32. The number of likely N-dealkylation sites (tertiary alicyclic amines) is 1. The van der Waals surface area contributed by atoms with E-state index in [9.17, 15) is 9.59 Å². The van der Waals surface area contributed by atoms with E-state index >= 15 is 0 Å². The van der Waals surface area contributed by atoms with Crippen LogP contribution in [0.1, 0.15) is 52.1 Å². The van der Waals surface area contributed by atoms with Gasteiger partial charge in [0.05, 0.1) is 0 Å². The number of aromatic nitrogens is 3. The number of carbonyl (C=O) groups is 1. The average molecular weight is 378 g/mol. The zero-order valence-electron chi connectivity index (χ0n) is 15.7. The summed E-state index contributed by atoms with van der Waals surface area (Å²) < 4.78 is 1.37. The van der Waals surface area contributed by atoms with Crippen molar-refractivity contribution in [2.75, 3.05) is 18.4 Å². The van der Waals surface area contributed by atoms with Gasteiger partial charge in [0, 0.05) is 37.3 Å². The molecule has 0 spiro atoms. The van der Waals surface area contributed by atoms with E-state index in [0.717, 1.165) is 49.6 Å². The highest BCUT2D eigenvalue weighted by Crippen LogP contribution is 2.22. The highest BCUT2D eigenvalue weighted by Gasteiger charge is 2.24. The molecule has 1 N–H and O–H groups in total. The molecule has 0 unspecified atom stereocenters. The standard InChI is InChI=1S/C18H27N5O2S/c1-4-5-14-11-16(25)23-18(20-14)26-17(21-23)19-13-6-8-22(9-7-13)15(24)10-12(2)3/h11-13H,4-10H2,1-3H3,(H,19,21). The molecular formula is C18H27N5O2S. The molecule has 3 heterocycles. The number of piperidine rings is 1. The SMILES string of the molecule is CCCc1cc(=O)n2nc(NC3CCN(C(=O)CC(C)C)CC3)sc2n1. The minimum absolute atomic E-state index is 0.128. The van der Waals surface area contributed by atoms with Gasteiger partial charge < -0.3 is 10.2 Å². The van der Waals surface area contributed by atoms with Gasteiger partial charge in [-0.25, -0.2) is 4.98 Å². The predicted molar refractivity (Wildman–Crippen MR) is 104 cm³/mol. The van der Waals surface area contributed by atoms with Gasteiger partial charge in [-0.1, -0.05) is 38.5 Å². The molecule has 7 nitrogen and oxygen atoms in total. The molecule has 3 rings (SSSR count). The van der Waals surface area contributed by atoms with E-state index in [1.807, 2.05) is 4.90 Å². The van der Waals surface area contributed by atoms with Crippen LogP contribution in [0, 0.1) is 5.92 Å². The van der Waals surface area contributed by atoms with Crippen molar-refractivity contribution in [1.29, 1.82) is 0 Å². The third-order valence-corrected chi connectivity index (χ3v) is 5.40. The summed E-state index contributed by atoms with van der Waals surface area (Å²) in [6.07, 6.45) is 4.16. The number of hydrogen-bond donors (Lipinski definition) is 1. The molecule has 0 saturated carbocycles. The maximum absolute atomic E-state index is 12.2. The Bertz CT molecular complexity index is 821. The lowest BCUT2D eigenvalue weighted by Crippen LogP contribution is -2.42. The van der Waals surface area contributed by atoms with Crippen LogP contribution in [0.25, 0.3) is 4.96 Å². The van der Waals surface area contributed by atoms with Crippen LogP contribution in [-0.4, -0.2) is 44.5 Å². The van der Waals surface area contributed by atoms with Crippen LogP contribution in [0.4, 0.5) is 5.13 Å². The zero-order chi connectivity index (χ0) is 18.7. The summed E-state index contributed by atoms with van der Waals surface area (Å²) in [6.45, 7) is 7.75. The number of fused-ring (bicyclic) bond motifs is 1. The third-order valence-electron chi connectivity index (χ3n) is 4.56. The van der Waals surface area contributed by atoms with Crippen molar-refractivity contribution in [3.63, 3.8) is 0 Å². The Hall–Kier alpha value is -1.96. The molecule has 1 amide bonds. The quantitative estimate of drug-likeness (QED) is 0.837. The van der Waals surface area contributed by atoms with E-state index in [0.29, 0.717) is 17.3 Å². The number of hydrogen-bond acceptors (Lipinski definition) is 6. The Morgan fingerprint density at radius 1 is 1.38 bits per heavy atom. The molecule has 0 atom stereocenters. The molecule has 1 aliphatic rings. The molecule has 2 aromatic heterocycles. The molecular weight excluding hydrogens is 350 g/mol. The van der Waals surface area contributed by atoms with Crippen molar-refractivity contribution in [3.8, 4) is 0 Å². The van der Waals surface area contributed by atoms with Gasteiger partial charge in [-0.05, 0) is 25.2 Å². The minimum Gasteiger partial charge on any atom is -0.357 e. The molecule has 0 bridgehead atoms. The highest BCUT2D eigenvalue weighted by atomic mass is 32.1. The second-order valence-corrected chi connectivity index (χ2v) is 8.29. The number of carbonyl (C=O) groups excluding carboxylic acids is 1. The summed E-state index contributed by atoms with van der Waals surface area (Å²) in [7, 11) is 0. The lowest BCUT2D eigenvalue weighted by molar-refractivity contribution is -0.132. The van der Waals surface area contributed by atoms with E-state index in [4.69, 9.17) is 0 Å². The Labute approximate surface area is 157 Å². The van der Waals surface area contributed by atoms with Crippen LogP contribution < -0.4 is 10.9 Å². The van der Waals surface area contributed by atoms with Gasteiger partial charge in [-0.2, -0.15) is 4.52 Å². The number of nitrogens with zero attached hydrogens (tertiary/aromatic N) is 4. The summed E-state index contributed by atoms with van der Waals surface area (Å²) >= 11 is 1.41. The van der Waals surface area contributed by atoms with Gasteiger partial charge in [0.15, 0.2) is 0 Å². The van der Waals surface area contributed by atoms with Crippen molar-refractivity contribution in [3.05, 3.63) is 22.1 Å². The Morgan fingerprint density at radius 2 is 2.12 bits per heavy atom. The topological polar surface area (TPSA) is 79.6 Å². The van der Waals surface area contributed by atoms with Crippen molar-refractivity contribution in [1.82, 2.24) is 19.5 Å².